The summed E-state index contributed by atoms with van der Waals surface area (Å²) in [5.41, 5.74) is 1.31. The minimum Gasteiger partial charge on any atom is -0.338 e. The summed E-state index contributed by atoms with van der Waals surface area (Å²) in [5.74, 6) is 0.190. The first-order valence-electron chi connectivity index (χ1n) is 9.38. The van der Waals surface area contributed by atoms with Crippen molar-refractivity contribution in [2.24, 2.45) is 0 Å². The molecule has 5 rings (SSSR count). The number of rotatable bonds is 3. The smallest absolute Gasteiger partial charge is 0.276 e. The van der Waals surface area contributed by atoms with E-state index in [4.69, 9.17) is 0 Å². The van der Waals surface area contributed by atoms with Gasteiger partial charge in [0, 0.05) is 19.3 Å². The molecule has 0 saturated carbocycles. The number of amides is 1. The Morgan fingerprint density at radius 1 is 1.24 bits per heavy atom. The molecule has 1 fully saturated rings. The SMILES string of the molecule is Cc1c(C(=O)N2CCC(n3cncn3)CC2)cnn1-c1nn2cccc2c(=O)[nH]1. The van der Waals surface area contributed by atoms with E-state index in [1.54, 1.807) is 31.6 Å². The highest BCUT2D eigenvalue weighted by Crippen LogP contribution is 2.23. The minimum absolute atomic E-state index is 0.0739. The molecule has 5 heterocycles. The number of piperidine rings is 1. The van der Waals surface area contributed by atoms with E-state index < -0.39 is 0 Å². The Morgan fingerprint density at radius 2 is 2.07 bits per heavy atom. The molecule has 0 radical (unpaired) electrons. The molecule has 0 bridgehead atoms. The summed E-state index contributed by atoms with van der Waals surface area (Å²) in [4.78, 5) is 33.8. The fourth-order valence-corrected chi connectivity index (χ4v) is 3.77. The Labute approximate surface area is 164 Å². The first kappa shape index (κ1) is 17.3. The molecule has 0 spiro atoms. The highest BCUT2D eigenvalue weighted by Gasteiger charge is 2.27. The zero-order valence-electron chi connectivity index (χ0n) is 15.8. The molecule has 0 atom stereocenters. The number of likely N-dealkylation sites (tertiary alicyclic amines) is 1. The standard InChI is InChI=1S/C18H19N9O2/c1-12-14(17(29)24-7-4-13(5-8-24)26-11-19-10-21-26)9-20-27(12)18-22-16(28)15-3-2-6-25(15)23-18/h2-3,6,9-11,13H,4-5,7-8H2,1H3,(H,22,23,28). The number of carbonyl (C=O) groups excluding carboxylic acids is 1. The van der Waals surface area contributed by atoms with Crippen LogP contribution in [-0.2, 0) is 0 Å². The molecule has 1 aliphatic heterocycles. The number of nitrogens with one attached hydrogen (secondary N) is 1. The van der Waals surface area contributed by atoms with Crippen LogP contribution in [0.1, 0.15) is 34.9 Å². The molecule has 1 saturated heterocycles. The van der Waals surface area contributed by atoms with Crippen LogP contribution in [0.5, 0.6) is 0 Å². The Bertz CT molecular complexity index is 1230. The van der Waals surface area contributed by atoms with E-state index in [1.807, 2.05) is 9.58 Å². The average Bonchev–Trinajstić information content (AvgIpc) is 3.48. The molecular formula is C18H19N9O2. The van der Waals surface area contributed by atoms with Crippen LogP contribution >= 0.6 is 0 Å². The molecule has 1 aliphatic rings. The molecule has 148 valence electrons. The summed E-state index contributed by atoms with van der Waals surface area (Å²) in [6.07, 6.45) is 8.10. The normalized spacial score (nSPS) is 15.3. The Hall–Kier alpha value is -3.76. The van der Waals surface area contributed by atoms with Crippen LogP contribution in [0.4, 0.5) is 0 Å². The van der Waals surface area contributed by atoms with Gasteiger partial charge in [0.15, 0.2) is 0 Å². The van der Waals surface area contributed by atoms with Crippen LogP contribution in [0.2, 0.25) is 0 Å². The van der Waals surface area contributed by atoms with E-state index in [-0.39, 0.29) is 23.5 Å². The molecule has 0 aromatic carbocycles. The predicted octanol–water partition coefficient (Wildman–Crippen LogP) is 0.586. The second-order valence-electron chi connectivity index (χ2n) is 7.07. The second kappa shape index (κ2) is 6.69. The summed E-state index contributed by atoms with van der Waals surface area (Å²) in [7, 11) is 0. The lowest BCUT2D eigenvalue weighted by atomic mass is 10.0. The Kier molecular flexibility index (Phi) is 4.00. The van der Waals surface area contributed by atoms with Crippen molar-refractivity contribution < 1.29 is 4.79 Å². The van der Waals surface area contributed by atoms with E-state index in [2.05, 4.69) is 25.3 Å². The van der Waals surface area contributed by atoms with Gasteiger partial charge >= 0.3 is 0 Å². The fourth-order valence-electron chi connectivity index (χ4n) is 3.77. The first-order chi connectivity index (χ1) is 14.1. The lowest BCUT2D eigenvalue weighted by Gasteiger charge is -2.31. The lowest BCUT2D eigenvalue weighted by molar-refractivity contribution is 0.0689. The molecule has 4 aromatic heterocycles. The van der Waals surface area contributed by atoms with E-state index >= 15 is 0 Å². The van der Waals surface area contributed by atoms with Gasteiger partial charge in [-0.2, -0.15) is 10.2 Å². The summed E-state index contributed by atoms with van der Waals surface area (Å²) in [6, 6.07) is 3.69. The summed E-state index contributed by atoms with van der Waals surface area (Å²) in [6.45, 7) is 3.07. The lowest BCUT2D eigenvalue weighted by Crippen LogP contribution is -2.39. The fraction of sp³-hybridized carbons (Fsp3) is 0.333. The van der Waals surface area contributed by atoms with E-state index in [0.29, 0.717) is 29.9 Å². The number of nitrogens with zero attached hydrogens (tertiary/aromatic N) is 8. The van der Waals surface area contributed by atoms with Crippen LogP contribution in [-0.4, -0.2) is 63.0 Å². The van der Waals surface area contributed by atoms with Crippen LogP contribution in [0.25, 0.3) is 11.5 Å². The quantitative estimate of drug-likeness (QED) is 0.544. The van der Waals surface area contributed by atoms with Gasteiger partial charge in [0.2, 0.25) is 5.95 Å². The number of hydrogen-bond acceptors (Lipinski definition) is 6. The Balaban J connectivity index is 1.38. The van der Waals surface area contributed by atoms with Gasteiger partial charge in [-0.3, -0.25) is 14.6 Å². The van der Waals surface area contributed by atoms with Gasteiger partial charge in [0.05, 0.1) is 23.5 Å². The average molecular weight is 393 g/mol. The topological polar surface area (TPSA) is 119 Å². The van der Waals surface area contributed by atoms with Crippen LogP contribution in [0, 0.1) is 6.92 Å². The molecule has 11 heteroatoms. The van der Waals surface area contributed by atoms with Gasteiger partial charge < -0.3 is 4.90 Å². The second-order valence-corrected chi connectivity index (χ2v) is 7.07. The van der Waals surface area contributed by atoms with Crippen molar-refractivity contribution in [3.63, 3.8) is 0 Å². The molecule has 0 unspecified atom stereocenters. The highest BCUT2D eigenvalue weighted by molar-refractivity contribution is 5.95. The number of fused-ring (bicyclic) bond motifs is 1. The monoisotopic (exact) mass is 393 g/mol. The van der Waals surface area contributed by atoms with E-state index in [0.717, 1.165) is 12.8 Å². The van der Waals surface area contributed by atoms with Gasteiger partial charge in [-0.05, 0) is 31.9 Å². The third-order valence-corrected chi connectivity index (χ3v) is 5.39. The van der Waals surface area contributed by atoms with Crippen LogP contribution in [0.3, 0.4) is 0 Å². The number of aromatic amines is 1. The molecule has 4 aromatic rings. The summed E-state index contributed by atoms with van der Waals surface area (Å²) in [5, 5.41) is 12.9. The molecule has 1 amide bonds. The molecular weight excluding hydrogens is 374 g/mol. The van der Waals surface area contributed by atoms with Crippen molar-refractivity contribution in [3.05, 3.63) is 58.8 Å². The van der Waals surface area contributed by atoms with Crippen LogP contribution < -0.4 is 5.56 Å². The Morgan fingerprint density at radius 3 is 2.83 bits per heavy atom. The molecule has 1 N–H and O–H groups in total. The van der Waals surface area contributed by atoms with E-state index in [1.165, 1.54) is 21.7 Å². The van der Waals surface area contributed by atoms with Crippen molar-refractivity contribution in [3.8, 4) is 5.95 Å². The third kappa shape index (κ3) is 2.91. The maximum atomic E-state index is 13.0. The van der Waals surface area contributed by atoms with Gasteiger partial charge in [-0.1, -0.05) is 0 Å². The van der Waals surface area contributed by atoms with Crippen molar-refractivity contribution >= 4 is 11.4 Å². The van der Waals surface area contributed by atoms with Gasteiger partial charge in [-0.25, -0.2) is 18.9 Å². The van der Waals surface area contributed by atoms with Gasteiger partial charge in [0.1, 0.15) is 18.2 Å². The summed E-state index contributed by atoms with van der Waals surface area (Å²) < 4.78 is 4.83. The maximum absolute atomic E-state index is 13.0. The molecule has 11 nitrogen and oxygen atoms in total. The number of carbonyl (C=O) groups is 1. The van der Waals surface area contributed by atoms with Crippen LogP contribution in [0.15, 0.2) is 42.0 Å². The number of hydrogen-bond donors (Lipinski definition) is 1. The van der Waals surface area contributed by atoms with Crippen molar-refractivity contribution in [2.45, 2.75) is 25.8 Å². The van der Waals surface area contributed by atoms with Crippen molar-refractivity contribution in [1.82, 2.24) is 44.0 Å². The molecule has 29 heavy (non-hydrogen) atoms. The van der Waals surface area contributed by atoms with Crippen molar-refractivity contribution in [1.29, 1.82) is 0 Å². The van der Waals surface area contributed by atoms with Gasteiger partial charge in [0.25, 0.3) is 11.5 Å². The number of aromatic nitrogens is 8. The largest absolute Gasteiger partial charge is 0.338 e. The molecule has 0 aliphatic carbocycles. The van der Waals surface area contributed by atoms with Gasteiger partial charge in [-0.15, -0.1) is 5.10 Å². The van der Waals surface area contributed by atoms with Crippen molar-refractivity contribution in [2.75, 3.05) is 13.1 Å². The number of H-pyrrole nitrogens is 1. The predicted molar refractivity (Wildman–Crippen MR) is 102 cm³/mol. The minimum atomic E-state index is -0.266. The third-order valence-electron chi connectivity index (χ3n) is 5.39. The zero-order chi connectivity index (χ0) is 20.0. The zero-order valence-corrected chi connectivity index (χ0v) is 15.8. The van der Waals surface area contributed by atoms with E-state index in [9.17, 15) is 9.59 Å². The highest BCUT2D eigenvalue weighted by atomic mass is 16.2. The maximum Gasteiger partial charge on any atom is 0.276 e. The first-order valence-corrected chi connectivity index (χ1v) is 9.38. The summed E-state index contributed by atoms with van der Waals surface area (Å²) >= 11 is 0.